The molecule has 6 heteroatoms. The molecule has 0 aliphatic carbocycles. The van der Waals surface area contributed by atoms with Gasteiger partial charge >= 0.3 is 5.97 Å². The van der Waals surface area contributed by atoms with Gasteiger partial charge < -0.3 is 15.2 Å². The molecule has 0 fully saturated rings. The van der Waals surface area contributed by atoms with Crippen LogP contribution in [0.15, 0.2) is 28.5 Å². The molecule has 0 atom stereocenters. The van der Waals surface area contributed by atoms with Gasteiger partial charge in [-0.15, -0.1) is 23.1 Å². The lowest BCUT2D eigenvalue weighted by atomic mass is 10.0. The number of hydrogen-bond donors (Lipinski definition) is 1. The number of carbonyl (C=O) groups is 1. The fraction of sp³-hybridized carbons (Fsp3) is 0.353. The molecule has 1 heterocycles. The minimum Gasteiger partial charge on any atom is -0.497 e. The van der Waals surface area contributed by atoms with Gasteiger partial charge in [-0.2, -0.15) is 0 Å². The molecule has 2 rings (SSSR count). The summed E-state index contributed by atoms with van der Waals surface area (Å²) in [6, 6.07) is 7.88. The molecule has 2 aromatic rings. The van der Waals surface area contributed by atoms with Crippen molar-refractivity contribution in [3.63, 3.8) is 0 Å². The van der Waals surface area contributed by atoms with Crippen molar-refractivity contribution in [2.75, 3.05) is 25.2 Å². The largest absolute Gasteiger partial charge is 0.497 e. The lowest BCUT2D eigenvalue weighted by molar-refractivity contribution is -0.139. The highest BCUT2D eigenvalue weighted by Crippen LogP contribution is 2.44. The maximum atomic E-state index is 11.6. The molecule has 0 aliphatic heterocycles. The second kappa shape index (κ2) is 8.26. The number of thioether (sulfide) groups is 1. The van der Waals surface area contributed by atoms with E-state index in [1.807, 2.05) is 31.2 Å². The second-order valence-electron chi connectivity index (χ2n) is 4.79. The lowest BCUT2D eigenvalue weighted by Gasteiger charge is -2.08. The van der Waals surface area contributed by atoms with Crippen LogP contribution in [0.25, 0.3) is 11.1 Å². The number of nitrogen functional groups attached to an aromatic ring is 1. The van der Waals surface area contributed by atoms with Crippen LogP contribution < -0.4 is 10.5 Å². The van der Waals surface area contributed by atoms with Crippen LogP contribution in [0.3, 0.4) is 0 Å². The number of rotatable bonds is 7. The van der Waals surface area contributed by atoms with E-state index in [1.54, 1.807) is 7.11 Å². The summed E-state index contributed by atoms with van der Waals surface area (Å²) in [5.41, 5.74) is 9.51. The monoisotopic (exact) mass is 351 g/mol. The van der Waals surface area contributed by atoms with Gasteiger partial charge in [0.2, 0.25) is 0 Å². The average Bonchev–Trinajstić information content (AvgIpc) is 2.88. The summed E-state index contributed by atoms with van der Waals surface area (Å²) in [6.45, 7) is 4.31. The molecule has 0 aliphatic rings. The third kappa shape index (κ3) is 4.20. The molecule has 0 bridgehead atoms. The highest BCUT2D eigenvalue weighted by Gasteiger charge is 2.18. The molecule has 0 saturated carbocycles. The molecule has 0 radical (unpaired) electrons. The number of nitrogens with two attached hydrogens (primary N) is 1. The maximum absolute atomic E-state index is 11.6. The summed E-state index contributed by atoms with van der Waals surface area (Å²) in [5.74, 6) is 0.906. The number of hydrogen-bond acceptors (Lipinski definition) is 6. The van der Waals surface area contributed by atoms with Gasteiger partial charge in [-0.1, -0.05) is 19.1 Å². The van der Waals surface area contributed by atoms with Crippen molar-refractivity contribution in [1.82, 2.24) is 0 Å². The van der Waals surface area contributed by atoms with Crippen LogP contribution in [0.1, 0.15) is 19.4 Å². The fourth-order valence-corrected chi connectivity index (χ4v) is 4.67. The van der Waals surface area contributed by atoms with Crippen LogP contribution in [0.4, 0.5) is 5.00 Å². The van der Waals surface area contributed by atoms with Crippen molar-refractivity contribution >= 4 is 34.1 Å². The van der Waals surface area contributed by atoms with Crippen LogP contribution in [-0.4, -0.2) is 25.4 Å². The van der Waals surface area contributed by atoms with Crippen molar-refractivity contribution in [3.05, 3.63) is 29.8 Å². The zero-order chi connectivity index (χ0) is 16.8. The van der Waals surface area contributed by atoms with Crippen LogP contribution >= 0.6 is 23.1 Å². The van der Waals surface area contributed by atoms with Crippen LogP contribution in [0, 0.1) is 0 Å². The van der Waals surface area contributed by atoms with Gasteiger partial charge in [0.25, 0.3) is 0 Å². The minimum atomic E-state index is -0.200. The van der Waals surface area contributed by atoms with E-state index in [2.05, 4.69) is 6.92 Å². The van der Waals surface area contributed by atoms with Gasteiger partial charge in [0, 0.05) is 5.56 Å². The lowest BCUT2D eigenvalue weighted by Crippen LogP contribution is -2.06. The number of carbonyl (C=O) groups excluding carboxylic acids is 1. The van der Waals surface area contributed by atoms with E-state index in [9.17, 15) is 4.79 Å². The van der Waals surface area contributed by atoms with Crippen molar-refractivity contribution in [1.29, 1.82) is 0 Å². The first-order valence-electron chi connectivity index (χ1n) is 7.44. The number of benzene rings is 1. The first-order valence-corrected chi connectivity index (χ1v) is 9.24. The Balaban J connectivity index is 2.32. The van der Waals surface area contributed by atoms with E-state index in [0.29, 0.717) is 12.4 Å². The highest BCUT2D eigenvalue weighted by molar-refractivity contribution is 8.01. The van der Waals surface area contributed by atoms with Crippen molar-refractivity contribution in [2.24, 2.45) is 0 Å². The normalized spacial score (nSPS) is 10.6. The second-order valence-corrected chi connectivity index (χ2v) is 7.08. The third-order valence-electron chi connectivity index (χ3n) is 3.34. The summed E-state index contributed by atoms with van der Waals surface area (Å²) in [5, 5.41) is 0.765. The Labute approximate surface area is 145 Å². The number of thiophene rings is 1. The molecule has 0 spiro atoms. The van der Waals surface area contributed by atoms with Gasteiger partial charge in [0.15, 0.2) is 0 Å². The summed E-state index contributed by atoms with van der Waals surface area (Å²) >= 11 is 3.02. The Bertz CT molecular complexity index is 682. The van der Waals surface area contributed by atoms with Crippen molar-refractivity contribution < 1.29 is 14.3 Å². The maximum Gasteiger partial charge on any atom is 0.316 e. The molecule has 1 aromatic carbocycles. The van der Waals surface area contributed by atoms with E-state index >= 15 is 0 Å². The summed E-state index contributed by atoms with van der Waals surface area (Å²) < 4.78 is 11.4. The van der Waals surface area contributed by atoms with Gasteiger partial charge in [-0.3, -0.25) is 4.79 Å². The van der Waals surface area contributed by atoms with E-state index in [0.717, 1.165) is 32.5 Å². The smallest absolute Gasteiger partial charge is 0.316 e. The quantitative estimate of drug-likeness (QED) is 0.598. The van der Waals surface area contributed by atoms with Crippen LogP contribution in [0.5, 0.6) is 5.75 Å². The predicted octanol–water partition coefficient (Wildman–Crippen LogP) is 4.22. The van der Waals surface area contributed by atoms with E-state index in [4.69, 9.17) is 15.2 Å². The first-order chi connectivity index (χ1) is 11.1. The zero-order valence-electron chi connectivity index (χ0n) is 13.5. The summed E-state index contributed by atoms with van der Waals surface area (Å²) in [6.07, 6.45) is 0.853. The van der Waals surface area contributed by atoms with Crippen LogP contribution in [-0.2, 0) is 16.0 Å². The molecule has 23 heavy (non-hydrogen) atoms. The standard InChI is InChI=1S/C17H21NO3S2/c1-4-13-15(11-7-6-8-12(9-11)20-3)16(18)23-17(13)22-10-14(19)21-5-2/h6-9H,4-5,10,18H2,1-3H3. The third-order valence-corrected chi connectivity index (χ3v) is 5.68. The van der Waals surface area contributed by atoms with Gasteiger partial charge in [0.1, 0.15) is 5.75 Å². The molecule has 1 aromatic heterocycles. The SMILES string of the molecule is CCOC(=O)CSc1sc(N)c(-c2cccc(OC)c2)c1CC. The fourth-order valence-electron chi connectivity index (χ4n) is 2.32. The highest BCUT2D eigenvalue weighted by atomic mass is 32.2. The van der Waals surface area contributed by atoms with Gasteiger partial charge in [-0.05, 0) is 36.6 Å². The van der Waals surface area contributed by atoms with Crippen molar-refractivity contribution in [3.8, 4) is 16.9 Å². The number of methoxy groups -OCH3 is 1. The molecule has 0 saturated heterocycles. The molecule has 124 valence electrons. The van der Waals surface area contributed by atoms with Gasteiger partial charge in [0.05, 0.1) is 28.7 Å². The summed E-state index contributed by atoms with van der Waals surface area (Å²) in [4.78, 5) is 11.6. The molecular formula is C17H21NO3S2. The van der Waals surface area contributed by atoms with Gasteiger partial charge in [-0.25, -0.2) is 0 Å². The van der Waals surface area contributed by atoms with Crippen LogP contribution in [0.2, 0.25) is 0 Å². The number of ether oxygens (including phenoxy) is 2. The Morgan fingerprint density at radius 2 is 2.13 bits per heavy atom. The van der Waals surface area contributed by atoms with E-state index in [-0.39, 0.29) is 5.97 Å². The summed E-state index contributed by atoms with van der Waals surface area (Å²) in [7, 11) is 1.65. The Kier molecular flexibility index (Phi) is 6.36. The minimum absolute atomic E-state index is 0.200. The number of anilines is 1. The molecular weight excluding hydrogens is 330 g/mol. The Hall–Kier alpha value is -1.66. The van der Waals surface area contributed by atoms with E-state index < -0.39 is 0 Å². The zero-order valence-corrected chi connectivity index (χ0v) is 15.2. The molecule has 0 unspecified atom stereocenters. The van der Waals surface area contributed by atoms with E-state index in [1.165, 1.54) is 28.7 Å². The topological polar surface area (TPSA) is 61.5 Å². The molecule has 2 N–H and O–H groups in total. The average molecular weight is 351 g/mol. The number of esters is 1. The Morgan fingerprint density at radius 1 is 1.35 bits per heavy atom. The molecule has 4 nitrogen and oxygen atoms in total. The first kappa shape index (κ1) is 17.7. The predicted molar refractivity (Wildman–Crippen MR) is 97.5 cm³/mol. The molecule has 0 amide bonds. The Morgan fingerprint density at radius 3 is 2.78 bits per heavy atom. The van der Waals surface area contributed by atoms with Crippen molar-refractivity contribution in [2.45, 2.75) is 24.5 Å².